The molecule has 1 aliphatic rings. The zero-order valence-electron chi connectivity index (χ0n) is 18.8. The van der Waals surface area contributed by atoms with Crippen LogP contribution in [0.4, 0.5) is 0 Å². The van der Waals surface area contributed by atoms with E-state index >= 15 is 0 Å². The van der Waals surface area contributed by atoms with Crippen molar-refractivity contribution in [3.63, 3.8) is 0 Å². The van der Waals surface area contributed by atoms with Crippen molar-refractivity contribution in [2.24, 2.45) is 10.9 Å². The molecule has 0 aromatic heterocycles. The van der Waals surface area contributed by atoms with Gasteiger partial charge in [-0.05, 0) is 48.1 Å². The van der Waals surface area contributed by atoms with Crippen LogP contribution >= 0.6 is 0 Å². The maximum atomic E-state index is 11.3. The summed E-state index contributed by atoms with van der Waals surface area (Å²) in [5, 5.41) is 0. The molecule has 1 amide bonds. The fourth-order valence-electron chi connectivity index (χ4n) is 3.76. The Hall–Kier alpha value is -3.28. The molecule has 0 atom stereocenters. The van der Waals surface area contributed by atoms with Crippen LogP contribution in [0.2, 0.25) is 0 Å². The highest BCUT2D eigenvalue weighted by atomic mass is 16.5. The van der Waals surface area contributed by atoms with E-state index in [-0.39, 0.29) is 5.90 Å². The van der Waals surface area contributed by atoms with Crippen LogP contribution in [0.25, 0.3) is 5.70 Å². The molecule has 1 aliphatic heterocycles. The fraction of sp³-hybridized carbons (Fsp3) is 0.360. The summed E-state index contributed by atoms with van der Waals surface area (Å²) in [5.41, 5.74) is 4.14. The Balaban J connectivity index is 2.02. The molecular weight excluding hydrogens is 392 g/mol. The summed E-state index contributed by atoms with van der Waals surface area (Å²) >= 11 is 0. The average molecular weight is 423 g/mol. The van der Waals surface area contributed by atoms with Gasteiger partial charge < -0.3 is 19.1 Å². The minimum absolute atomic E-state index is 0.246. The molecule has 0 N–H and O–H groups in total. The van der Waals surface area contributed by atoms with E-state index < -0.39 is 0 Å². The molecule has 164 valence electrons. The molecule has 0 radical (unpaired) electrons. The summed E-state index contributed by atoms with van der Waals surface area (Å²) in [7, 11) is 5.26. The molecule has 0 saturated carbocycles. The normalized spacial score (nSPS) is 15.1. The monoisotopic (exact) mass is 422 g/mol. The quantitative estimate of drug-likeness (QED) is 0.377. The molecule has 31 heavy (non-hydrogen) atoms. The Labute approximate surface area is 184 Å². The van der Waals surface area contributed by atoms with E-state index in [0.717, 1.165) is 41.8 Å². The van der Waals surface area contributed by atoms with Gasteiger partial charge in [-0.2, -0.15) is 4.99 Å². The number of carbonyl (C=O) groups excluding carboxylic acids is 1. The molecule has 3 rings (SSSR count). The topological polar surface area (TPSA) is 60.4 Å². The highest BCUT2D eigenvalue weighted by Crippen LogP contribution is 2.37. The summed E-state index contributed by atoms with van der Waals surface area (Å²) < 4.78 is 17.1. The van der Waals surface area contributed by atoms with Crippen molar-refractivity contribution in [2.75, 3.05) is 27.8 Å². The van der Waals surface area contributed by atoms with Gasteiger partial charge >= 0.3 is 0 Å². The number of rotatable bonds is 7. The van der Waals surface area contributed by atoms with E-state index in [1.165, 1.54) is 0 Å². The number of methoxy groups -OCH3 is 2. The van der Waals surface area contributed by atoms with Crippen molar-refractivity contribution in [1.29, 1.82) is 0 Å². The van der Waals surface area contributed by atoms with Gasteiger partial charge in [-0.25, -0.2) is 0 Å². The summed E-state index contributed by atoms with van der Waals surface area (Å²) in [6.07, 6.45) is 4.07. The first-order chi connectivity index (χ1) is 15.0. The van der Waals surface area contributed by atoms with E-state index in [9.17, 15) is 4.79 Å². The van der Waals surface area contributed by atoms with Gasteiger partial charge in [0.2, 0.25) is 12.3 Å². The van der Waals surface area contributed by atoms with Crippen molar-refractivity contribution in [3.05, 3.63) is 59.2 Å². The molecular formula is C25H30N2O4. The number of benzene rings is 2. The van der Waals surface area contributed by atoms with Crippen molar-refractivity contribution in [3.8, 4) is 17.2 Å². The lowest BCUT2D eigenvalue weighted by atomic mass is 9.95. The van der Waals surface area contributed by atoms with Crippen molar-refractivity contribution in [1.82, 2.24) is 4.90 Å². The Kier molecular flexibility index (Phi) is 7.34. The van der Waals surface area contributed by atoms with E-state index in [2.05, 4.69) is 23.7 Å². The molecule has 0 unspecified atom stereocenters. The van der Waals surface area contributed by atoms with Crippen LogP contribution in [0.3, 0.4) is 0 Å². The average Bonchev–Trinajstić information content (AvgIpc) is 2.75. The van der Waals surface area contributed by atoms with Crippen LogP contribution in [0, 0.1) is 5.92 Å². The molecule has 0 saturated heterocycles. The first-order valence-electron chi connectivity index (χ1n) is 10.4. The Bertz CT molecular complexity index is 995. The number of hydrogen-bond acceptors (Lipinski definition) is 5. The molecule has 6 heteroatoms. The fourth-order valence-corrected chi connectivity index (χ4v) is 3.76. The number of carbonyl (C=O) groups is 1. The number of likely N-dealkylation sites (N-methyl/N-ethyl adjacent to an activating group) is 1. The molecule has 0 aliphatic carbocycles. The van der Waals surface area contributed by atoms with Gasteiger partial charge in [0.1, 0.15) is 5.75 Å². The van der Waals surface area contributed by atoms with Gasteiger partial charge in [0.05, 0.1) is 14.2 Å². The number of amides is 1. The summed E-state index contributed by atoms with van der Waals surface area (Å²) in [6.45, 7) is 5.15. The van der Waals surface area contributed by atoms with Crippen LogP contribution in [0.5, 0.6) is 17.2 Å². The lowest BCUT2D eigenvalue weighted by molar-refractivity contribution is -0.106. The van der Waals surface area contributed by atoms with Crippen LogP contribution < -0.4 is 14.2 Å². The molecule has 0 bridgehead atoms. The predicted molar refractivity (Wildman–Crippen MR) is 123 cm³/mol. The number of para-hydroxylation sites is 1. The van der Waals surface area contributed by atoms with E-state index in [4.69, 9.17) is 14.2 Å². The maximum Gasteiger partial charge on any atom is 0.236 e. The zero-order valence-corrected chi connectivity index (χ0v) is 18.8. The highest BCUT2D eigenvalue weighted by Gasteiger charge is 2.22. The third-order valence-corrected chi connectivity index (χ3v) is 5.27. The smallest absolute Gasteiger partial charge is 0.236 e. The first-order valence-corrected chi connectivity index (χ1v) is 10.4. The molecule has 0 spiro atoms. The van der Waals surface area contributed by atoms with Gasteiger partial charge in [0.25, 0.3) is 0 Å². The van der Waals surface area contributed by atoms with Gasteiger partial charge in [0, 0.05) is 30.9 Å². The number of aliphatic imine (C=N–C) groups is 1. The van der Waals surface area contributed by atoms with Crippen molar-refractivity contribution >= 4 is 18.0 Å². The lowest BCUT2D eigenvalue weighted by Gasteiger charge is -2.31. The molecule has 6 nitrogen and oxygen atoms in total. The largest absolute Gasteiger partial charge is 0.493 e. The second-order valence-electron chi connectivity index (χ2n) is 7.95. The second-order valence-corrected chi connectivity index (χ2v) is 7.95. The number of nitrogens with zero attached hydrogens (tertiary/aromatic N) is 2. The summed E-state index contributed by atoms with van der Waals surface area (Å²) in [5.74, 6) is 2.79. The first kappa shape index (κ1) is 22.4. The molecule has 2 aromatic rings. The second kappa shape index (κ2) is 10.2. The SMILES string of the molecule is COc1cc2c(cc1OC)/C(=C/C(=NC=O)Oc1ccccc1CC(C)C)N(C)CC2. The molecule has 2 aromatic carbocycles. The Morgan fingerprint density at radius 2 is 1.84 bits per heavy atom. The molecule has 1 heterocycles. The lowest BCUT2D eigenvalue weighted by Crippen LogP contribution is -2.27. The summed E-state index contributed by atoms with van der Waals surface area (Å²) in [4.78, 5) is 17.4. The minimum atomic E-state index is 0.246. The number of fused-ring (bicyclic) bond motifs is 1. The van der Waals surface area contributed by atoms with Crippen LogP contribution in [-0.2, 0) is 17.6 Å². The number of ether oxygens (including phenoxy) is 3. The van der Waals surface area contributed by atoms with Crippen molar-refractivity contribution < 1.29 is 19.0 Å². The van der Waals surface area contributed by atoms with E-state index in [1.54, 1.807) is 14.2 Å². The maximum absolute atomic E-state index is 11.3. The van der Waals surface area contributed by atoms with Gasteiger partial charge in [-0.3, -0.25) is 4.79 Å². The highest BCUT2D eigenvalue weighted by molar-refractivity contribution is 5.99. The van der Waals surface area contributed by atoms with Crippen LogP contribution in [0.15, 0.2) is 47.5 Å². The van der Waals surface area contributed by atoms with Gasteiger partial charge in [-0.1, -0.05) is 32.0 Å². The van der Waals surface area contributed by atoms with Crippen LogP contribution in [-0.4, -0.2) is 45.0 Å². The Morgan fingerprint density at radius 3 is 2.52 bits per heavy atom. The predicted octanol–water partition coefficient (Wildman–Crippen LogP) is 4.37. The minimum Gasteiger partial charge on any atom is -0.493 e. The van der Waals surface area contributed by atoms with Gasteiger partial charge in [0.15, 0.2) is 11.5 Å². The Morgan fingerprint density at radius 1 is 1.13 bits per heavy atom. The number of hydrogen-bond donors (Lipinski definition) is 0. The van der Waals surface area contributed by atoms with E-state index in [1.807, 2.05) is 49.5 Å². The standard InChI is InChI=1S/C25H30N2O4/c1-17(2)12-19-8-6-7-9-22(19)31-25(26-16-28)15-21-20-14-24(30-5)23(29-4)13-18(20)10-11-27(21)3/h6-9,13-17H,10-12H2,1-5H3/b21-15-,26-25?. The van der Waals surface area contributed by atoms with Crippen LogP contribution in [0.1, 0.15) is 30.5 Å². The molecule has 0 fully saturated rings. The third kappa shape index (κ3) is 5.26. The van der Waals surface area contributed by atoms with E-state index in [0.29, 0.717) is 29.6 Å². The van der Waals surface area contributed by atoms with Gasteiger partial charge in [-0.15, -0.1) is 0 Å². The zero-order chi connectivity index (χ0) is 22.4. The third-order valence-electron chi connectivity index (χ3n) is 5.27. The summed E-state index contributed by atoms with van der Waals surface area (Å²) in [6, 6.07) is 11.8. The van der Waals surface area contributed by atoms with Crippen molar-refractivity contribution in [2.45, 2.75) is 26.7 Å².